The SMILES string of the molecule is CCCNC1CCCS(=O)(=O)c2c(Cl)ccc(Cl)c21. The lowest BCUT2D eigenvalue weighted by molar-refractivity contribution is 0.493. The second-order valence-corrected chi connectivity index (χ2v) is 7.60. The largest absolute Gasteiger partial charge is 0.310 e. The van der Waals surface area contributed by atoms with E-state index < -0.39 is 9.84 Å². The molecule has 1 atom stereocenters. The van der Waals surface area contributed by atoms with Gasteiger partial charge >= 0.3 is 0 Å². The van der Waals surface area contributed by atoms with Gasteiger partial charge in [-0.3, -0.25) is 0 Å². The number of nitrogens with one attached hydrogen (secondary N) is 1. The fourth-order valence-corrected chi connectivity index (χ4v) is 5.00. The van der Waals surface area contributed by atoms with Crippen LogP contribution in [-0.2, 0) is 9.84 Å². The fourth-order valence-electron chi connectivity index (χ4n) is 2.44. The van der Waals surface area contributed by atoms with E-state index in [1.807, 2.05) is 0 Å². The first-order valence-electron chi connectivity index (χ1n) is 6.41. The van der Waals surface area contributed by atoms with Gasteiger partial charge in [-0.05, 0) is 37.9 Å². The highest BCUT2D eigenvalue weighted by Gasteiger charge is 2.31. The highest BCUT2D eigenvalue weighted by molar-refractivity contribution is 7.91. The van der Waals surface area contributed by atoms with E-state index >= 15 is 0 Å². The standard InChI is InChI=1S/C13H17Cl2NO2S/c1-2-7-16-11-4-3-8-19(17,18)13-10(15)6-5-9(14)12(11)13/h5-6,11,16H,2-4,7-8H2,1H3. The Morgan fingerprint density at radius 2 is 2.00 bits per heavy atom. The van der Waals surface area contributed by atoms with E-state index in [9.17, 15) is 8.42 Å². The monoisotopic (exact) mass is 321 g/mol. The fraction of sp³-hybridized carbons (Fsp3) is 0.538. The van der Waals surface area contributed by atoms with Gasteiger partial charge in [0.05, 0.1) is 15.7 Å². The number of halogens is 2. The second-order valence-electron chi connectivity index (χ2n) is 4.74. The molecule has 0 aliphatic carbocycles. The minimum absolute atomic E-state index is 0.0431. The van der Waals surface area contributed by atoms with Gasteiger partial charge in [-0.15, -0.1) is 0 Å². The maximum absolute atomic E-state index is 12.3. The molecule has 2 rings (SSSR count). The van der Waals surface area contributed by atoms with Crippen LogP contribution in [0.5, 0.6) is 0 Å². The number of sulfone groups is 1. The van der Waals surface area contributed by atoms with Crippen LogP contribution in [0.1, 0.15) is 37.8 Å². The summed E-state index contributed by atoms with van der Waals surface area (Å²) in [6.07, 6.45) is 2.36. The highest BCUT2D eigenvalue weighted by Crippen LogP contribution is 2.39. The first-order chi connectivity index (χ1) is 8.97. The number of rotatable bonds is 3. The van der Waals surface area contributed by atoms with E-state index in [2.05, 4.69) is 12.2 Å². The van der Waals surface area contributed by atoms with Crippen molar-refractivity contribution >= 4 is 33.0 Å². The zero-order chi connectivity index (χ0) is 14.0. The third-order valence-corrected chi connectivity index (χ3v) is 5.95. The van der Waals surface area contributed by atoms with Crippen LogP contribution in [0.15, 0.2) is 17.0 Å². The Bertz CT molecular complexity index is 572. The summed E-state index contributed by atoms with van der Waals surface area (Å²) < 4.78 is 24.6. The molecule has 1 unspecified atom stereocenters. The van der Waals surface area contributed by atoms with Gasteiger partial charge < -0.3 is 5.32 Å². The van der Waals surface area contributed by atoms with Crippen LogP contribution in [0, 0.1) is 0 Å². The summed E-state index contributed by atoms with van der Waals surface area (Å²) in [5, 5.41) is 4.10. The molecule has 1 aliphatic heterocycles. The first-order valence-corrected chi connectivity index (χ1v) is 8.82. The van der Waals surface area contributed by atoms with Crippen molar-refractivity contribution in [2.24, 2.45) is 0 Å². The van der Waals surface area contributed by atoms with E-state index in [0.717, 1.165) is 19.4 Å². The van der Waals surface area contributed by atoms with Crippen LogP contribution in [-0.4, -0.2) is 20.7 Å². The topological polar surface area (TPSA) is 46.2 Å². The molecule has 1 aromatic rings. The van der Waals surface area contributed by atoms with Gasteiger partial charge in [0.2, 0.25) is 0 Å². The molecule has 6 heteroatoms. The van der Waals surface area contributed by atoms with E-state index in [0.29, 0.717) is 17.0 Å². The number of benzene rings is 1. The summed E-state index contributed by atoms with van der Waals surface area (Å²) in [4.78, 5) is 0.216. The Morgan fingerprint density at radius 3 is 2.68 bits per heavy atom. The van der Waals surface area contributed by atoms with Gasteiger partial charge in [-0.25, -0.2) is 8.42 Å². The predicted octanol–water partition coefficient (Wildman–Crippen LogP) is 3.60. The summed E-state index contributed by atoms with van der Waals surface area (Å²) in [5.41, 5.74) is 0.639. The first kappa shape index (κ1) is 15.1. The Balaban J connectivity index is 2.59. The Hall–Kier alpha value is -0.290. The molecule has 0 saturated heterocycles. The molecule has 0 radical (unpaired) electrons. The molecular weight excluding hydrogens is 305 g/mol. The smallest absolute Gasteiger partial charge is 0.180 e. The maximum atomic E-state index is 12.3. The molecule has 1 N–H and O–H groups in total. The van der Waals surface area contributed by atoms with Gasteiger partial charge in [0.25, 0.3) is 0 Å². The lowest BCUT2D eigenvalue weighted by atomic mass is 10.0. The molecule has 0 spiro atoms. The molecular formula is C13H17Cl2NO2S. The molecule has 1 aliphatic rings. The molecule has 0 amide bonds. The van der Waals surface area contributed by atoms with Crippen molar-refractivity contribution in [2.45, 2.75) is 37.1 Å². The van der Waals surface area contributed by atoms with Crippen molar-refractivity contribution in [2.75, 3.05) is 12.3 Å². The average Bonchev–Trinajstić information content (AvgIpc) is 2.48. The Morgan fingerprint density at radius 1 is 1.32 bits per heavy atom. The summed E-state index contributed by atoms with van der Waals surface area (Å²) >= 11 is 12.3. The van der Waals surface area contributed by atoms with Gasteiger partial charge in [-0.2, -0.15) is 0 Å². The van der Waals surface area contributed by atoms with Gasteiger partial charge in [0.15, 0.2) is 9.84 Å². The van der Waals surface area contributed by atoms with E-state index in [4.69, 9.17) is 23.2 Å². The number of fused-ring (bicyclic) bond motifs is 1. The molecule has 3 nitrogen and oxygen atoms in total. The van der Waals surface area contributed by atoms with Crippen LogP contribution in [0.2, 0.25) is 10.0 Å². The van der Waals surface area contributed by atoms with Gasteiger partial charge in [-0.1, -0.05) is 30.1 Å². The van der Waals surface area contributed by atoms with Crippen LogP contribution >= 0.6 is 23.2 Å². The molecule has 0 aromatic heterocycles. The molecule has 0 bridgehead atoms. The lowest BCUT2D eigenvalue weighted by Gasteiger charge is -2.20. The zero-order valence-electron chi connectivity index (χ0n) is 10.7. The summed E-state index contributed by atoms with van der Waals surface area (Å²) in [7, 11) is -3.35. The second kappa shape index (κ2) is 6.00. The Labute approximate surface area is 124 Å². The third-order valence-electron chi connectivity index (χ3n) is 3.30. The molecule has 19 heavy (non-hydrogen) atoms. The van der Waals surface area contributed by atoms with E-state index in [1.165, 1.54) is 0 Å². The van der Waals surface area contributed by atoms with E-state index in [1.54, 1.807) is 12.1 Å². The van der Waals surface area contributed by atoms with Crippen molar-refractivity contribution in [3.05, 3.63) is 27.7 Å². The number of hydrogen-bond donors (Lipinski definition) is 1. The summed E-state index contributed by atoms with van der Waals surface area (Å²) in [6, 6.07) is 3.19. The van der Waals surface area contributed by atoms with Crippen LogP contribution in [0.3, 0.4) is 0 Å². The van der Waals surface area contributed by atoms with Crippen molar-refractivity contribution in [3.63, 3.8) is 0 Å². The highest BCUT2D eigenvalue weighted by atomic mass is 35.5. The number of hydrogen-bond acceptors (Lipinski definition) is 3. The lowest BCUT2D eigenvalue weighted by Crippen LogP contribution is -2.23. The molecule has 1 aromatic carbocycles. The average molecular weight is 322 g/mol. The summed E-state index contributed by atoms with van der Waals surface area (Å²) in [6.45, 7) is 2.90. The predicted molar refractivity (Wildman–Crippen MR) is 78.8 cm³/mol. The van der Waals surface area contributed by atoms with Crippen LogP contribution < -0.4 is 5.32 Å². The summed E-state index contributed by atoms with van der Waals surface area (Å²) in [5.74, 6) is 0.129. The molecule has 0 saturated carbocycles. The third kappa shape index (κ3) is 3.07. The van der Waals surface area contributed by atoms with Crippen LogP contribution in [0.25, 0.3) is 0 Å². The van der Waals surface area contributed by atoms with Gasteiger partial charge in [0.1, 0.15) is 0 Å². The van der Waals surface area contributed by atoms with Crippen molar-refractivity contribution in [1.82, 2.24) is 5.32 Å². The van der Waals surface area contributed by atoms with Crippen LogP contribution in [0.4, 0.5) is 0 Å². The normalized spacial score (nSPS) is 21.7. The van der Waals surface area contributed by atoms with Crippen molar-refractivity contribution in [1.29, 1.82) is 0 Å². The maximum Gasteiger partial charge on any atom is 0.180 e. The minimum Gasteiger partial charge on any atom is -0.310 e. The Kier molecular flexibility index (Phi) is 4.77. The molecule has 0 fully saturated rings. The molecule has 1 heterocycles. The van der Waals surface area contributed by atoms with Gasteiger partial charge in [0, 0.05) is 16.6 Å². The minimum atomic E-state index is -3.35. The molecule has 106 valence electrons. The zero-order valence-corrected chi connectivity index (χ0v) is 13.1. The van der Waals surface area contributed by atoms with Crippen molar-refractivity contribution < 1.29 is 8.42 Å². The van der Waals surface area contributed by atoms with Crippen molar-refractivity contribution in [3.8, 4) is 0 Å². The quantitative estimate of drug-likeness (QED) is 0.925. The van der Waals surface area contributed by atoms with E-state index in [-0.39, 0.29) is 21.7 Å².